The van der Waals surface area contributed by atoms with Crippen molar-refractivity contribution in [1.82, 2.24) is 0 Å². The van der Waals surface area contributed by atoms with Crippen LogP contribution in [0.4, 0.5) is 13.2 Å². The molecule has 0 spiro atoms. The molecule has 0 saturated heterocycles. The molecule has 0 aliphatic heterocycles. The first kappa shape index (κ1) is 17.1. The first-order valence-electron chi connectivity index (χ1n) is 8.24. The van der Waals surface area contributed by atoms with Crippen LogP contribution in [0.5, 0.6) is 5.75 Å². The third-order valence-electron chi connectivity index (χ3n) is 4.40. The topological polar surface area (TPSA) is 26.3 Å². The van der Waals surface area contributed by atoms with Crippen LogP contribution in [0.2, 0.25) is 0 Å². The number of carbonyl (C=O) groups excluding carboxylic acids is 1. The lowest BCUT2D eigenvalue weighted by atomic mass is 10.0. The van der Waals surface area contributed by atoms with Crippen LogP contribution in [0.1, 0.15) is 15.9 Å². The average molecular weight is 366 g/mol. The van der Waals surface area contributed by atoms with Gasteiger partial charge in [0.25, 0.3) is 0 Å². The Labute approximate surface area is 152 Å². The van der Waals surface area contributed by atoms with Crippen LogP contribution in [-0.4, -0.2) is 5.97 Å². The molecule has 0 saturated carbocycles. The summed E-state index contributed by atoms with van der Waals surface area (Å²) in [4.78, 5) is 12.7. The summed E-state index contributed by atoms with van der Waals surface area (Å²) in [5.74, 6) is -0.520. The average Bonchev–Trinajstić information content (AvgIpc) is 2.66. The lowest BCUT2D eigenvalue weighted by Gasteiger charge is -2.14. The third kappa shape index (κ3) is 3.12. The van der Waals surface area contributed by atoms with Gasteiger partial charge in [-0.1, -0.05) is 60.7 Å². The van der Waals surface area contributed by atoms with E-state index in [2.05, 4.69) is 0 Å². The van der Waals surface area contributed by atoms with Crippen LogP contribution in [-0.2, 0) is 6.18 Å². The molecule has 4 aromatic carbocycles. The molecule has 0 aromatic heterocycles. The van der Waals surface area contributed by atoms with Crippen LogP contribution in [0, 0.1) is 0 Å². The van der Waals surface area contributed by atoms with Crippen LogP contribution in [0.15, 0.2) is 78.9 Å². The molecule has 0 heterocycles. The van der Waals surface area contributed by atoms with Crippen molar-refractivity contribution < 1.29 is 22.7 Å². The number of hydrogen-bond donors (Lipinski definition) is 0. The van der Waals surface area contributed by atoms with Gasteiger partial charge < -0.3 is 4.74 Å². The van der Waals surface area contributed by atoms with Gasteiger partial charge in [0.15, 0.2) is 0 Å². The molecule has 0 aliphatic carbocycles. The molecule has 0 aliphatic rings. The van der Waals surface area contributed by atoms with Gasteiger partial charge in [0.1, 0.15) is 5.75 Å². The number of alkyl halides is 3. The summed E-state index contributed by atoms with van der Waals surface area (Å²) in [6, 6.07) is 20.7. The summed E-state index contributed by atoms with van der Waals surface area (Å²) < 4.78 is 45.2. The standard InChI is InChI=1S/C22H13F3O2/c23-22(24,25)19-12-13-20(17-10-4-3-9-16(17)19)27-21(26)18-11-5-7-14-6-1-2-8-15(14)18/h1-13H. The molecule has 0 unspecified atom stereocenters. The van der Waals surface area contributed by atoms with Crippen molar-refractivity contribution in [2.24, 2.45) is 0 Å². The largest absolute Gasteiger partial charge is 0.422 e. The molecule has 4 aromatic rings. The van der Waals surface area contributed by atoms with Gasteiger partial charge in [-0.3, -0.25) is 0 Å². The fourth-order valence-corrected chi connectivity index (χ4v) is 3.17. The molecule has 134 valence electrons. The highest BCUT2D eigenvalue weighted by Gasteiger charge is 2.33. The number of fused-ring (bicyclic) bond motifs is 2. The molecular formula is C22H13F3O2. The minimum Gasteiger partial charge on any atom is -0.422 e. The maximum Gasteiger partial charge on any atom is 0.417 e. The molecule has 0 atom stereocenters. The maximum atomic E-state index is 13.2. The zero-order valence-electron chi connectivity index (χ0n) is 14.0. The van der Waals surface area contributed by atoms with E-state index in [0.29, 0.717) is 5.56 Å². The fourth-order valence-electron chi connectivity index (χ4n) is 3.17. The first-order chi connectivity index (χ1) is 12.9. The Morgan fingerprint density at radius 2 is 1.33 bits per heavy atom. The molecule has 0 radical (unpaired) electrons. The molecule has 0 N–H and O–H groups in total. The van der Waals surface area contributed by atoms with Crippen molar-refractivity contribution in [2.45, 2.75) is 6.18 Å². The van der Waals surface area contributed by atoms with Crippen molar-refractivity contribution in [1.29, 1.82) is 0 Å². The van der Waals surface area contributed by atoms with Crippen molar-refractivity contribution >= 4 is 27.5 Å². The third-order valence-corrected chi connectivity index (χ3v) is 4.40. The highest BCUT2D eigenvalue weighted by molar-refractivity contribution is 6.06. The van der Waals surface area contributed by atoms with Gasteiger partial charge in [0.2, 0.25) is 0 Å². The van der Waals surface area contributed by atoms with Gasteiger partial charge in [-0.15, -0.1) is 0 Å². The van der Waals surface area contributed by atoms with Crippen molar-refractivity contribution in [3.63, 3.8) is 0 Å². The van der Waals surface area contributed by atoms with E-state index in [1.54, 1.807) is 24.3 Å². The Morgan fingerprint density at radius 1 is 0.704 bits per heavy atom. The summed E-state index contributed by atoms with van der Waals surface area (Å²) >= 11 is 0. The Bertz CT molecular complexity index is 1160. The van der Waals surface area contributed by atoms with E-state index in [4.69, 9.17) is 4.74 Å². The molecule has 27 heavy (non-hydrogen) atoms. The first-order valence-corrected chi connectivity index (χ1v) is 8.24. The zero-order chi connectivity index (χ0) is 19.0. The second-order valence-electron chi connectivity index (χ2n) is 6.07. The Morgan fingerprint density at radius 3 is 2.07 bits per heavy atom. The normalized spacial score (nSPS) is 11.7. The van der Waals surface area contributed by atoms with Crippen molar-refractivity contribution in [3.05, 3.63) is 90.0 Å². The van der Waals surface area contributed by atoms with Gasteiger partial charge in [-0.2, -0.15) is 13.2 Å². The zero-order valence-corrected chi connectivity index (χ0v) is 14.0. The van der Waals surface area contributed by atoms with Gasteiger partial charge >= 0.3 is 12.1 Å². The Hall–Kier alpha value is -3.34. The molecular weight excluding hydrogens is 353 g/mol. The van der Waals surface area contributed by atoms with E-state index in [0.717, 1.165) is 16.8 Å². The van der Waals surface area contributed by atoms with E-state index >= 15 is 0 Å². The molecule has 2 nitrogen and oxygen atoms in total. The van der Waals surface area contributed by atoms with Gasteiger partial charge in [0.05, 0.1) is 11.1 Å². The van der Waals surface area contributed by atoms with E-state index < -0.39 is 17.7 Å². The van der Waals surface area contributed by atoms with Crippen LogP contribution in [0.3, 0.4) is 0 Å². The number of ether oxygens (including phenoxy) is 1. The van der Waals surface area contributed by atoms with Gasteiger partial charge in [0, 0.05) is 5.39 Å². The maximum absolute atomic E-state index is 13.2. The van der Waals surface area contributed by atoms with Crippen LogP contribution in [0.25, 0.3) is 21.5 Å². The summed E-state index contributed by atoms with van der Waals surface area (Å²) in [5.41, 5.74) is -0.403. The second kappa shape index (κ2) is 6.43. The summed E-state index contributed by atoms with van der Waals surface area (Å²) in [6.07, 6.45) is -4.49. The van der Waals surface area contributed by atoms with Crippen molar-refractivity contribution in [2.75, 3.05) is 0 Å². The van der Waals surface area contributed by atoms with Gasteiger partial charge in [-0.25, -0.2) is 4.79 Å². The Balaban J connectivity index is 1.79. The predicted octanol–water partition coefficient (Wildman–Crippen LogP) is 6.23. The number of carbonyl (C=O) groups is 1. The van der Waals surface area contributed by atoms with E-state index in [9.17, 15) is 18.0 Å². The summed E-state index contributed by atoms with van der Waals surface area (Å²) in [6.45, 7) is 0. The second-order valence-corrected chi connectivity index (χ2v) is 6.07. The highest BCUT2D eigenvalue weighted by Crippen LogP contribution is 2.38. The van der Waals surface area contributed by atoms with E-state index in [1.807, 2.05) is 24.3 Å². The number of benzene rings is 4. The molecule has 4 rings (SSSR count). The molecule has 5 heteroatoms. The Kier molecular flexibility index (Phi) is 4.07. The van der Waals surface area contributed by atoms with E-state index in [-0.39, 0.29) is 16.5 Å². The number of esters is 1. The molecule has 0 bridgehead atoms. The lowest BCUT2D eigenvalue weighted by Crippen LogP contribution is -2.11. The lowest BCUT2D eigenvalue weighted by molar-refractivity contribution is -0.136. The predicted molar refractivity (Wildman–Crippen MR) is 97.9 cm³/mol. The SMILES string of the molecule is O=C(Oc1ccc(C(F)(F)F)c2ccccc12)c1cccc2ccccc12. The van der Waals surface area contributed by atoms with Gasteiger partial charge in [-0.05, 0) is 34.4 Å². The number of hydrogen-bond acceptors (Lipinski definition) is 2. The van der Waals surface area contributed by atoms with Crippen LogP contribution < -0.4 is 4.74 Å². The number of halogens is 3. The quantitative estimate of drug-likeness (QED) is 0.310. The summed E-state index contributed by atoms with van der Waals surface area (Å²) in [5, 5.41) is 1.83. The minimum absolute atomic E-state index is 0.00628. The highest BCUT2D eigenvalue weighted by atomic mass is 19.4. The minimum atomic E-state index is -4.49. The van der Waals surface area contributed by atoms with Crippen molar-refractivity contribution in [3.8, 4) is 5.75 Å². The van der Waals surface area contributed by atoms with Crippen LogP contribution >= 0.6 is 0 Å². The monoisotopic (exact) mass is 366 g/mol. The van der Waals surface area contributed by atoms with E-state index in [1.165, 1.54) is 24.3 Å². The molecule has 0 amide bonds. The smallest absolute Gasteiger partial charge is 0.417 e. The summed E-state index contributed by atoms with van der Waals surface area (Å²) in [7, 11) is 0. The fraction of sp³-hybridized carbons (Fsp3) is 0.0455. The molecule has 0 fully saturated rings. The number of rotatable bonds is 2.